The Balaban J connectivity index is 1.28. The van der Waals surface area contributed by atoms with Crippen LogP contribution in [0, 0.1) is 6.92 Å². The molecule has 0 atom stereocenters. The third kappa shape index (κ3) is 5.87. The molecule has 4 rings (SSSR count). The van der Waals surface area contributed by atoms with E-state index in [0.717, 1.165) is 17.7 Å². The second-order valence-electron chi connectivity index (χ2n) is 8.36. The number of nitrogens with one attached hydrogen (secondary N) is 1. The number of sulfonamides is 1. The highest BCUT2D eigenvalue weighted by Crippen LogP contribution is 2.18. The van der Waals surface area contributed by atoms with E-state index in [1.54, 1.807) is 28.6 Å². The lowest BCUT2D eigenvalue weighted by Gasteiger charge is -2.34. The maximum absolute atomic E-state index is 12.8. The van der Waals surface area contributed by atoms with E-state index in [-0.39, 0.29) is 5.91 Å². The predicted octanol–water partition coefficient (Wildman–Crippen LogP) is 3.43. The molecule has 0 spiro atoms. The Morgan fingerprint density at radius 2 is 1.55 bits per heavy atom. The number of rotatable bonds is 7. The van der Waals surface area contributed by atoms with Gasteiger partial charge in [-0.25, -0.2) is 8.42 Å². The zero-order chi connectivity index (χ0) is 23.3. The lowest BCUT2D eigenvalue weighted by Crippen LogP contribution is -2.48. The summed E-state index contributed by atoms with van der Waals surface area (Å²) >= 11 is 0. The van der Waals surface area contributed by atoms with Crippen molar-refractivity contribution in [1.82, 2.24) is 14.5 Å². The van der Waals surface area contributed by atoms with Gasteiger partial charge in [0, 0.05) is 44.8 Å². The van der Waals surface area contributed by atoms with Gasteiger partial charge in [0.1, 0.15) is 0 Å². The molecular formula is C26H29N3O3S. The van der Waals surface area contributed by atoms with Crippen molar-refractivity contribution in [2.75, 3.05) is 26.2 Å². The molecule has 7 heteroatoms. The Labute approximate surface area is 195 Å². The monoisotopic (exact) mass is 463 g/mol. The number of carbonyl (C=O) groups excluding carboxylic acids is 1. The SMILES string of the molecule is Cc1cccc(CNC(=O)c2ccc(CN3CCN(S(=O)(=O)c4ccccc4)CC3)cc2)c1. The van der Waals surface area contributed by atoms with Gasteiger partial charge in [-0.2, -0.15) is 4.31 Å². The Hall–Kier alpha value is -3.00. The molecule has 0 unspecified atom stereocenters. The van der Waals surface area contributed by atoms with Gasteiger partial charge in [-0.15, -0.1) is 0 Å². The van der Waals surface area contributed by atoms with Crippen LogP contribution in [0.5, 0.6) is 0 Å². The molecule has 33 heavy (non-hydrogen) atoms. The molecule has 0 aromatic heterocycles. The number of piperazine rings is 1. The summed E-state index contributed by atoms with van der Waals surface area (Å²) in [7, 11) is -3.44. The number of nitrogens with zero attached hydrogens (tertiary/aromatic N) is 2. The number of hydrogen-bond acceptors (Lipinski definition) is 4. The average molecular weight is 464 g/mol. The van der Waals surface area contributed by atoms with E-state index in [4.69, 9.17) is 0 Å². The van der Waals surface area contributed by atoms with E-state index in [0.29, 0.717) is 43.2 Å². The van der Waals surface area contributed by atoms with Crippen LogP contribution in [-0.4, -0.2) is 49.7 Å². The topological polar surface area (TPSA) is 69.7 Å². The van der Waals surface area contributed by atoms with Crippen LogP contribution in [-0.2, 0) is 23.1 Å². The molecule has 1 aliphatic heterocycles. The summed E-state index contributed by atoms with van der Waals surface area (Å²) in [4.78, 5) is 15.0. The minimum Gasteiger partial charge on any atom is -0.348 e. The van der Waals surface area contributed by atoms with Crippen LogP contribution < -0.4 is 5.32 Å². The summed E-state index contributed by atoms with van der Waals surface area (Å²) in [5.74, 6) is -0.0946. The first-order valence-electron chi connectivity index (χ1n) is 11.1. The minimum atomic E-state index is -3.44. The van der Waals surface area contributed by atoms with Crippen molar-refractivity contribution in [3.05, 3.63) is 101 Å². The molecule has 1 aliphatic rings. The van der Waals surface area contributed by atoms with Crippen LogP contribution in [0.2, 0.25) is 0 Å². The molecule has 0 aliphatic carbocycles. The minimum absolute atomic E-state index is 0.0946. The fourth-order valence-electron chi connectivity index (χ4n) is 4.00. The maximum atomic E-state index is 12.8. The summed E-state index contributed by atoms with van der Waals surface area (Å²) in [6.07, 6.45) is 0. The van der Waals surface area contributed by atoms with E-state index in [9.17, 15) is 13.2 Å². The first-order valence-corrected chi connectivity index (χ1v) is 12.6. The number of aryl methyl sites for hydroxylation is 1. The molecule has 0 radical (unpaired) electrons. The first-order chi connectivity index (χ1) is 15.9. The van der Waals surface area contributed by atoms with Crippen LogP contribution in [0.25, 0.3) is 0 Å². The second kappa shape index (κ2) is 10.3. The summed E-state index contributed by atoms with van der Waals surface area (Å²) in [5.41, 5.74) is 3.98. The van der Waals surface area contributed by atoms with Gasteiger partial charge in [-0.1, -0.05) is 60.2 Å². The van der Waals surface area contributed by atoms with Crippen LogP contribution in [0.3, 0.4) is 0 Å². The molecular weight excluding hydrogens is 434 g/mol. The van der Waals surface area contributed by atoms with Gasteiger partial charge in [-0.3, -0.25) is 9.69 Å². The van der Waals surface area contributed by atoms with E-state index in [1.165, 1.54) is 5.56 Å². The normalized spacial score (nSPS) is 15.3. The lowest BCUT2D eigenvalue weighted by molar-refractivity contribution is 0.0951. The van der Waals surface area contributed by atoms with Crippen molar-refractivity contribution in [2.24, 2.45) is 0 Å². The molecule has 0 saturated carbocycles. The molecule has 6 nitrogen and oxygen atoms in total. The van der Waals surface area contributed by atoms with Crippen LogP contribution >= 0.6 is 0 Å². The molecule has 1 N–H and O–H groups in total. The van der Waals surface area contributed by atoms with Gasteiger partial charge in [0.15, 0.2) is 0 Å². The van der Waals surface area contributed by atoms with Gasteiger partial charge in [-0.05, 0) is 42.3 Å². The van der Waals surface area contributed by atoms with E-state index < -0.39 is 10.0 Å². The van der Waals surface area contributed by atoms with E-state index in [2.05, 4.69) is 16.3 Å². The van der Waals surface area contributed by atoms with Gasteiger partial charge in [0.2, 0.25) is 10.0 Å². The van der Waals surface area contributed by atoms with Gasteiger partial charge in [0.25, 0.3) is 5.91 Å². The Bertz CT molecular complexity index is 1190. The van der Waals surface area contributed by atoms with Crippen LogP contribution in [0.15, 0.2) is 83.8 Å². The van der Waals surface area contributed by atoms with Crippen molar-refractivity contribution in [2.45, 2.75) is 24.9 Å². The molecule has 1 saturated heterocycles. The van der Waals surface area contributed by atoms with Crippen molar-refractivity contribution in [3.8, 4) is 0 Å². The highest BCUT2D eigenvalue weighted by Gasteiger charge is 2.28. The van der Waals surface area contributed by atoms with E-state index >= 15 is 0 Å². The smallest absolute Gasteiger partial charge is 0.251 e. The first kappa shape index (κ1) is 23.2. The lowest BCUT2D eigenvalue weighted by atomic mass is 10.1. The second-order valence-corrected chi connectivity index (χ2v) is 10.3. The maximum Gasteiger partial charge on any atom is 0.251 e. The third-order valence-corrected chi connectivity index (χ3v) is 7.78. The van der Waals surface area contributed by atoms with Gasteiger partial charge >= 0.3 is 0 Å². The highest BCUT2D eigenvalue weighted by molar-refractivity contribution is 7.89. The fourth-order valence-corrected chi connectivity index (χ4v) is 5.44. The highest BCUT2D eigenvalue weighted by atomic mass is 32.2. The fraction of sp³-hybridized carbons (Fsp3) is 0.269. The standard InChI is InChI=1S/C26H29N3O3S/c1-21-6-5-7-23(18-21)19-27-26(30)24-12-10-22(11-13-24)20-28-14-16-29(17-15-28)33(31,32)25-8-3-2-4-9-25/h2-13,18H,14-17,19-20H2,1H3,(H,27,30). The van der Waals surface area contributed by atoms with Crippen LogP contribution in [0.1, 0.15) is 27.0 Å². The molecule has 0 bridgehead atoms. The summed E-state index contributed by atoms with van der Waals surface area (Å²) in [5, 5.41) is 2.96. The van der Waals surface area contributed by atoms with Crippen LogP contribution in [0.4, 0.5) is 0 Å². The molecule has 3 aromatic carbocycles. The largest absolute Gasteiger partial charge is 0.348 e. The molecule has 3 aromatic rings. The predicted molar refractivity (Wildman–Crippen MR) is 129 cm³/mol. The summed E-state index contributed by atoms with van der Waals surface area (Å²) in [6.45, 7) is 5.54. The van der Waals surface area contributed by atoms with Gasteiger partial charge < -0.3 is 5.32 Å². The Morgan fingerprint density at radius 1 is 0.848 bits per heavy atom. The van der Waals surface area contributed by atoms with E-state index in [1.807, 2.05) is 55.5 Å². The van der Waals surface area contributed by atoms with Crippen molar-refractivity contribution < 1.29 is 13.2 Å². The molecule has 1 heterocycles. The number of hydrogen-bond donors (Lipinski definition) is 1. The number of carbonyl (C=O) groups is 1. The molecule has 172 valence electrons. The summed E-state index contributed by atoms with van der Waals surface area (Å²) in [6, 6.07) is 24.3. The Kier molecular flexibility index (Phi) is 7.23. The summed E-state index contributed by atoms with van der Waals surface area (Å²) < 4.78 is 27.1. The van der Waals surface area contributed by atoms with Crippen molar-refractivity contribution in [1.29, 1.82) is 0 Å². The van der Waals surface area contributed by atoms with Crippen molar-refractivity contribution in [3.63, 3.8) is 0 Å². The zero-order valence-corrected chi connectivity index (χ0v) is 19.6. The number of benzene rings is 3. The molecule has 1 fully saturated rings. The van der Waals surface area contributed by atoms with Crippen molar-refractivity contribution >= 4 is 15.9 Å². The van der Waals surface area contributed by atoms with Gasteiger partial charge in [0.05, 0.1) is 4.90 Å². The number of amides is 1. The zero-order valence-electron chi connectivity index (χ0n) is 18.8. The average Bonchev–Trinajstić information content (AvgIpc) is 2.84. The quantitative estimate of drug-likeness (QED) is 0.583. The molecule has 1 amide bonds. The third-order valence-electron chi connectivity index (χ3n) is 5.87. The Morgan fingerprint density at radius 3 is 2.21 bits per heavy atom.